The largest absolute Gasteiger partial charge is 0.416 e. The summed E-state index contributed by atoms with van der Waals surface area (Å²) >= 11 is 0. The van der Waals surface area contributed by atoms with Gasteiger partial charge >= 0.3 is 12.4 Å². The SMILES string of the molecule is O=C(c1cc(C(F)(F)F)cc(C(F)(F)F)c1)N1CCCC1c1nnc2n1CCCCC2. The maximum atomic E-state index is 13.2. The van der Waals surface area contributed by atoms with Gasteiger partial charge in [-0.2, -0.15) is 26.3 Å². The molecular weight excluding hydrogens is 426 g/mol. The van der Waals surface area contributed by atoms with E-state index >= 15 is 0 Å². The lowest BCUT2D eigenvalue weighted by Crippen LogP contribution is -2.32. The van der Waals surface area contributed by atoms with Crippen molar-refractivity contribution < 1.29 is 31.1 Å². The third kappa shape index (κ3) is 4.27. The fourth-order valence-corrected chi connectivity index (χ4v) is 4.28. The molecule has 0 bridgehead atoms. The van der Waals surface area contributed by atoms with Crippen molar-refractivity contribution in [3.63, 3.8) is 0 Å². The lowest BCUT2D eigenvalue weighted by molar-refractivity contribution is -0.143. The molecule has 1 saturated heterocycles. The molecule has 11 heteroatoms. The summed E-state index contributed by atoms with van der Waals surface area (Å²) < 4.78 is 81.1. The number of benzene rings is 1. The summed E-state index contributed by atoms with van der Waals surface area (Å²) in [5.74, 6) is 0.473. The minimum atomic E-state index is -5.01. The van der Waals surface area contributed by atoms with Crippen molar-refractivity contribution in [3.05, 3.63) is 46.5 Å². The number of aromatic nitrogens is 3. The van der Waals surface area contributed by atoms with Gasteiger partial charge in [0.25, 0.3) is 5.91 Å². The number of nitrogens with zero attached hydrogens (tertiary/aromatic N) is 4. The van der Waals surface area contributed by atoms with Crippen molar-refractivity contribution in [1.82, 2.24) is 19.7 Å². The molecule has 0 spiro atoms. The second kappa shape index (κ2) is 7.83. The van der Waals surface area contributed by atoms with Gasteiger partial charge in [-0.15, -0.1) is 10.2 Å². The van der Waals surface area contributed by atoms with Crippen LogP contribution in [0.1, 0.15) is 71.3 Å². The summed E-state index contributed by atoms with van der Waals surface area (Å²) in [5.41, 5.74) is -3.64. The first-order valence-corrected chi connectivity index (χ1v) is 10.1. The van der Waals surface area contributed by atoms with Gasteiger partial charge in [0, 0.05) is 25.1 Å². The Labute approximate surface area is 174 Å². The zero-order valence-electron chi connectivity index (χ0n) is 16.4. The summed E-state index contributed by atoms with van der Waals surface area (Å²) in [4.78, 5) is 14.4. The van der Waals surface area contributed by atoms with E-state index < -0.39 is 41.0 Å². The summed E-state index contributed by atoms with van der Waals surface area (Å²) in [6.45, 7) is 0.904. The minimum Gasteiger partial charge on any atom is -0.328 e. The Kier molecular flexibility index (Phi) is 5.47. The van der Waals surface area contributed by atoms with Gasteiger partial charge in [0.05, 0.1) is 17.2 Å². The van der Waals surface area contributed by atoms with Gasteiger partial charge in [0.15, 0.2) is 5.82 Å². The first-order valence-electron chi connectivity index (χ1n) is 10.1. The highest BCUT2D eigenvalue weighted by atomic mass is 19.4. The monoisotopic (exact) mass is 446 g/mol. The van der Waals surface area contributed by atoms with E-state index in [2.05, 4.69) is 10.2 Å². The molecule has 1 aromatic heterocycles. The van der Waals surface area contributed by atoms with E-state index in [1.807, 2.05) is 4.57 Å². The Morgan fingerprint density at radius 2 is 1.55 bits per heavy atom. The normalized spacial score (nSPS) is 19.9. The third-order valence-electron chi connectivity index (χ3n) is 5.78. The van der Waals surface area contributed by atoms with Crippen molar-refractivity contribution in [2.24, 2.45) is 0 Å². The highest BCUT2D eigenvalue weighted by molar-refractivity contribution is 5.95. The molecule has 1 unspecified atom stereocenters. The Morgan fingerprint density at radius 1 is 0.871 bits per heavy atom. The molecule has 2 aromatic rings. The molecule has 168 valence electrons. The first-order chi connectivity index (χ1) is 14.6. The van der Waals surface area contributed by atoms with Gasteiger partial charge in [-0.05, 0) is 43.9 Å². The van der Waals surface area contributed by atoms with Gasteiger partial charge < -0.3 is 9.47 Å². The van der Waals surface area contributed by atoms with Crippen molar-refractivity contribution in [2.75, 3.05) is 6.54 Å². The molecule has 2 aliphatic rings. The number of hydrogen-bond acceptors (Lipinski definition) is 3. The molecule has 5 nitrogen and oxygen atoms in total. The van der Waals surface area contributed by atoms with E-state index in [9.17, 15) is 31.1 Å². The summed E-state index contributed by atoms with van der Waals surface area (Å²) in [5, 5.41) is 8.42. The third-order valence-corrected chi connectivity index (χ3v) is 5.78. The molecule has 0 radical (unpaired) electrons. The number of rotatable bonds is 2. The quantitative estimate of drug-likeness (QED) is 0.609. The molecule has 2 aliphatic heterocycles. The Bertz CT molecular complexity index is 949. The second-order valence-corrected chi connectivity index (χ2v) is 7.89. The van der Waals surface area contributed by atoms with E-state index in [0.29, 0.717) is 37.3 Å². The highest BCUT2D eigenvalue weighted by Crippen LogP contribution is 2.38. The average molecular weight is 446 g/mol. The highest BCUT2D eigenvalue weighted by Gasteiger charge is 2.40. The van der Waals surface area contributed by atoms with Crippen molar-refractivity contribution in [2.45, 2.75) is 63.5 Å². The van der Waals surface area contributed by atoms with Crippen LogP contribution >= 0.6 is 0 Å². The molecular formula is C20H20F6N4O. The standard InChI is InChI=1S/C20H20F6N4O/c21-19(22,23)13-9-12(10-14(11-13)20(24,25)26)18(31)29-8-4-5-15(29)17-28-27-16-6-2-1-3-7-30(16)17/h9-11,15H,1-8H2. The lowest BCUT2D eigenvalue weighted by atomic mass is 10.0. The zero-order valence-corrected chi connectivity index (χ0v) is 16.4. The van der Waals surface area contributed by atoms with Crippen LogP contribution in [0.4, 0.5) is 26.3 Å². The number of fused-ring (bicyclic) bond motifs is 1. The first kappa shape index (κ1) is 21.6. The molecule has 1 fully saturated rings. The van der Waals surface area contributed by atoms with Gasteiger partial charge in [-0.25, -0.2) is 0 Å². The van der Waals surface area contributed by atoms with Crippen LogP contribution in [-0.4, -0.2) is 32.1 Å². The predicted molar refractivity (Wildman–Crippen MR) is 97.0 cm³/mol. The van der Waals surface area contributed by atoms with Crippen LogP contribution in [0.2, 0.25) is 0 Å². The molecule has 0 saturated carbocycles. The van der Waals surface area contributed by atoms with Crippen molar-refractivity contribution in [3.8, 4) is 0 Å². The van der Waals surface area contributed by atoms with Crippen LogP contribution in [-0.2, 0) is 25.3 Å². The summed E-state index contributed by atoms with van der Waals surface area (Å²) in [7, 11) is 0. The number of aryl methyl sites for hydroxylation is 1. The molecule has 3 heterocycles. The molecule has 1 amide bonds. The average Bonchev–Trinajstić information content (AvgIpc) is 3.26. The van der Waals surface area contributed by atoms with Gasteiger partial charge in [-0.3, -0.25) is 4.79 Å². The van der Waals surface area contributed by atoms with Crippen LogP contribution in [0, 0.1) is 0 Å². The number of carbonyl (C=O) groups excluding carboxylic acids is 1. The van der Waals surface area contributed by atoms with Gasteiger partial charge in [0.2, 0.25) is 0 Å². The number of halogens is 6. The molecule has 31 heavy (non-hydrogen) atoms. The number of carbonyl (C=O) groups is 1. The summed E-state index contributed by atoms with van der Waals surface area (Å²) in [6, 6.07) is 0.460. The molecule has 1 aromatic carbocycles. The van der Waals surface area contributed by atoms with E-state index in [4.69, 9.17) is 0 Å². The molecule has 1 atom stereocenters. The minimum absolute atomic E-state index is 0.0245. The number of alkyl halides is 6. The van der Waals surface area contributed by atoms with Crippen LogP contribution in [0.5, 0.6) is 0 Å². The maximum Gasteiger partial charge on any atom is 0.416 e. The zero-order chi connectivity index (χ0) is 22.4. The van der Waals surface area contributed by atoms with E-state index in [1.165, 1.54) is 4.90 Å². The Morgan fingerprint density at radius 3 is 2.19 bits per heavy atom. The van der Waals surface area contributed by atoms with Crippen LogP contribution in [0.15, 0.2) is 18.2 Å². The van der Waals surface area contributed by atoms with Gasteiger partial charge in [0.1, 0.15) is 5.82 Å². The lowest BCUT2D eigenvalue weighted by Gasteiger charge is -2.25. The fourth-order valence-electron chi connectivity index (χ4n) is 4.28. The van der Waals surface area contributed by atoms with E-state index in [0.717, 1.165) is 31.5 Å². The Hall–Kier alpha value is -2.59. The van der Waals surface area contributed by atoms with Crippen LogP contribution in [0.25, 0.3) is 0 Å². The van der Waals surface area contributed by atoms with Crippen molar-refractivity contribution in [1.29, 1.82) is 0 Å². The second-order valence-electron chi connectivity index (χ2n) is 7.89. The van der Waals surface area contributed by atoms with E-state index in [1.54, 1.807) is 0 Å². The maximum absolute atomic E-state index is 13.2. The fraction of sp³-hybridized carbons (Fsp3) is 0.550. The molecule has 0 N–H and O–H groups in total. The van der Waals surface area contributed by atoms with Gasteiger partial charge in [-0.1, -0.05) is 6.42 Å². The smallest absolute Gasteiger partial charge is 0.328 e. The summed E-state index contributed by atoms with van der Waals surface area (Å²) in [6.07, 6.45) is -5.26. The van der Waals surface area contributed by atoms with Crippen molar-refractivity contribution >= 4 is 5.91 Å². The predicted octanol–water partition coefficient (Wildman–Crippen LogP) is 5.02. The number of hydrogen-bond donors (Lipinski definition) is 0. The Balaban J connectivity index is 1.70. The van der Waals surface area contributed by atoms with Crippen LogP contribution < -0.4 is 0 Å². The van der Waals surface area contributed by atoms with Crippen LogP contribution in [0.3, 0.4) is 0 Å². The number of amides is 1. The molecule has 4 rings (SSSR count). The number of likely N-dealkylation sites (tertiary alicyclic amines) is 1. The van der Waals surface area contributed by atoms with E-state index in [-0.39, 0.29) is 12.6 Å². The molecule has 0 aliphatic carbocycles. The topological polar surface area (TPSA) is 51.0 Å².